The van der Waals surface area contributed by atoms with Crippen molar-refractivity contribution in [2.75, 3.05) is 20.8 Å². The minimum atomic E-state index is -0.577. The number of aryl methyl sites for hydroxylation is 1. The standard InChI is InChI=1S/C22H25N3O5/c1-14-4-6-15(7-5-14)8-10-23-20(26)9-11-25-21(27)16-12-18(29-2)19(30-3)13-17(16)24-22(25)28/h4-7,12-13H,8-11H2,1-3H3,(H,23,26)(H,24,28). The van der Waals surface area contributed by atoms with Gasteiger partial charge in [-0.05, 0) is 25.0 Å². The molecule has 0 bridgehead atoms. The zero-order valence-electron chi connectivity index (χ0n) is 17.3. The number of aromatic nitrogens is 2. The highest BCUT2D eigenvalue weighted by Crippen LogP contribution is 2.29. The fourth-order valence-corrected chi connectivity index (χ4v) is 3.19. The highest BCUT2D eigenvalue weighted by molar-refractivity contribution is 5.81. The van der Waals surface area contributed by atoms with Gasteiger partial charge in [-0.2, -0.15) is 0 Å². The molecule has 2 N–H and O–H groups in total. The van der Waals surface area contributed by atoms with Crippen molar-refractivity contribution >= 4 is 16.8 Å². The summed E-state index contributed by atoms with van der Waals surface area (Å²) in [4.78, 5) is 39.9. The molecular weight excluding hydrogens is 386 g/mol. The number of benzene rings is 2. The lowest BCUT2D eigenvalue weighted by molar-refractivity contribution is -0.121. The smallest absolute Gasteiger partial charge is 0.328 e. The molecule has 0 spiro atoms. The predicted molar refractivity (Wildman–Crippen MR) is 114 cm³/mol. The Hall–Kier alpha value is -3.55. The average molecular weight is 411 g/mol. The Labute approximate surface area is 173 Å². The Morgan fingerprint density at radius 2 is 1.73 bits per heavy atom. The second-order valence-electron chi connectivity index (χ2n) is 6.98. The minimum Gasteiger partial charge on any atom is -0.493 e. The third-order valence-electron chi connectivity index (χ3n) is 4.90. The molecule has 0 unspecified atom stereocenters. The van der Waals surface area contributed by atoms with Gasteiger partial charge in [0.1, 0.15) is 0 Å². The number of H-pyrrole nitrogens is 1. The molecule has 1 aromatic heterocycles. The first kappa shape index (κ1) is 21.2. The molecule has 8 heteroatoms. The number of carbonyl (C=O) groups is 1. The van der Waals surface area contributed by atoms with Crippen molar-refractivity contribution in [2.45, 2.75) is 26.3 Å². The van der Waals surface area contributed by atoms with Crippen LogP contribution in [0.1, 0.15) is 17.5 Å². The molecule has 2 aromatic carbocycles. The fourth-order valence-electron chi connectivity index (χ4n) is 3.19. The lowest BCUT2D eigenvalue weighted by Crippen LogP contribution is -2.37. The molecule has 3 rings (SSSR count). The van der Waals surface area contributed by atoms with E-state index < -0.39 is 11.2 Å². The van der Waals surface area contributed by atoms with E-state index in [1.165, 1.54) is 25.8 Å². The first-order valence-corrected chi connectivity index (χ1v) is 9.64. The second kappa shape index (κ2) is 9.30. The summed E-state index contributed by atoms with van der Waals surface area (Å²) in [6.45, 7) is 2.49. The van der Waals surface area contributed by atoms with E-state index in [-0.39, 0.29) is 24.3 Å². The molecular formula is C22H25N3O5. The van der Waals surface area contributed by atoms with E-state index in [9.17, 15) is 14.4 Å². The monoisotopic (exact) mass is 411 g/mol. The lowest BCUT2D eigenvalue weighted by Gasteiger charge is -2.11. The third-order valence-corrected chi connectivity index (χ3v) is 4.90. The molecule has 3 aromatic rings. The summed E-state index contributed by atoms with van der Waals surface area (Å²) in [5, 5.41) is 3.11. The van der Waals surface area contributed by atoms with Crippen molar-refractivity contribution in [3.8, 4) is 11.5 Å². The van der Waals surface area contributed by atoms with Gasteiger partial charge < -0.3 is 19.8 Å². The fraction of sp³-hybridized carbons (Fsp3) is 0.318. The highest BCUT2D eigenvalue weighted by Gasteiger charge is 2.13. The molecule has 0 aliphatic heterocycles. The van der Waals surface area contributed by atoms with Crippen LogP contribution in [0.3, 0.4) is 0 Å². The van der Waals surface area contributed by atoms with Crippen LogP contribution < -0.4 is 26.0 Å². The zero-order valence-corrected chi connectivity index (χ0v) is 17.3. The van der Waals surface area contributed by atoms with Gasteiger partial charge in [0.25, 0.3) is 5.56 Å². The van der Waals surface area contributed by atoms with Crippen molar-refractivity contribution in [1.29, 1.82) is 0 Å². The Morgan fingerprint density at radius 3 is 2.40 bits per heavy atom. The molecule has 1 heterocycles. The molecule has 0 radical (unpaired) electrons. The molecule has 0 fully saturated rings. The molecule has 30 heavy (non-hydrogen) atoms. The van der Waals surface area contributed by atoms with Gasteiger partial charge in [0.05, 0.1) is 25.1 Å². The van der Waals surface area contributed by atoms with Crippen LogP contribution in [-0.4, -0.2) is 36.2 Å². The van der Waals surface area contributed by atoms with Crippen LogP contribution in [0.2, 0.25) is 0 Å². The van der Waals surface area contributed by atoms with Crippen molar-refractivity contribution in [1.82, 2.24) is 14.9 Å². The van der Waals surface area contributed by atoms with E-state index in [1.807, 2.05) is 31.2 Å². The molecule has 0 saturated heterocycles. The number of hydrogen-bond donors (Lipinski definition) is 2. The maximum absolute atomic E-state index is 12.8. The summed E-state index contributed by atoms with van der Waals surface area (Å²) in [6, 6.07) is 11.2. The highest BCUT2D eigenvalue weighted by atomic mass is 16.5. The maximum atomic E-state index is 12.8. The molecule has 0 saturated carbocycles. The van der Waals surface area contributed by atoms with Gasteiger partial charge >= 0.3 is 5.69 Å². The predicted octanol–water partition coefficient (Wildman–Crippen LogP) is 1.76. The summed E-state index contributed by atoms with van der Waals surface area (Å²) in [6.07, 6.45) is 0.736. The minimum absolute atomic E-state index is 0.0190. The third kappa shape index (κ3) is 4.71. The van der Waals surface area contributed by atoms with E-state index in [2.05, 4.69) is 10.3 Å². The first-order chi connectivity index (χ1) is 14.4. The molecule has 1 amide bonds. The average Bonchev–Trinajstić information content (AvgIpc) is 2.74. The number of methoxy groups -OCH3 is 2. The summed E-state index contributed by atoms with van der Waals surface area (Å²) >= 11 is 0. The topological polar surface area (TPSA) is 102 Å². The first-order valence-electron chi connectivity index (χ1n) is 9.64. The summed E-state index contributed by atoms with van der Waals surface area (Å²) in [7, 11) is 2.94. The van der Waals surface area contributed by atoms with Gasteiger partial charge in [0.2, 0.25) is 5.91 Å². The molecule has 158 valence electrons. The largest absolute Gasteiger partial charge is 0.493 e. The van der Waals surface area contributed by atoms with Gasteiger partial charge in [-0.25, -0.2) is 4.79 Å². The number of nitrogens with zero attached hydrogens (tertiary/aromatic N) is 1. The zero-order chi connectivity index (χ0) is 21.7. The van der Waals surface area contributed by atoms with Crippen LogP contribution >= 0.6 is 0 Å². The van der Waals surface area contributed by atoms with Crippen LogP contribution in [0, 0.1) is 6.92 Å². The number of carbonyl (C=O) groups excluding carboxylic acids is 1. The molecule has 0 aliphatic carbocycles. The van der Waals surface area contributed by atoms with Gasteiger partial charge in [0, 0.05) is 25.6 Å². The van der Waals surface area contributed by atoms with Gasteiger partial charge in [-0.1, -0.05) is 29.8 Å². The lowest BCUT2D eigenvalue weighted by atomic mass is 10.1. The Kier molecular flexibility index (Phi) is 6.56. The number of nitrogens with one attached hydrogen (secondary N) is 2. The molecule has 8 nitrogen and oxygen atoms in total. The van der Waals surface area contributed by atoms with Crippen LogP contribution in [0.15, 0.2) is 46.0 Å². The van der Waals surface area contributed by atoms with Crippen LogP contribution in [0.25, 0.3) is 10.9 Å². The number of fused-ring (bicyclic) bond motifs is 1. The number of aromatic amines is 1. The van der Waals surface area contributed by atoms with E-state index in [4.69, 9.17) is 9.47 Å². The van der Waals surface area contributed by atoms with Gasteiger partial charge in [-0.15, -0.1) is 0 Å². The van der Waals surface area contributed by atoms with Crippen molar-refractivity contribution in [3.63, 3.8) is 0 Å². The summed E-state index contributed by atoms with van der Waals surface area (Å²) in [5.74, 6) is 0.570. The SMILES string of the molecule is COc1cc2[nH]c(=O)n(CCC(=O)NCCc3ccc(C)cc3)c(=O)c2cc1OC. The Morgan fingerprint density at radius 1 is 1.07 bits per heavy atom. The van der Waals surface area contributed by atoms with Crippen molar-refractivity contribution in [2.24, 2.45) is 0 Å². The van der Waals surface area contributed by atoms with Crippen LogP contribution in [0.5, 0.6) is 11.5 Å². The second-order valence-corrected chi connectivity index (χ2v) is 6.98. The number of rotatable bonds is 8. The summed E-state index contributed by atoms with van der Waals surface area (Å²) in [5.41, 5.74) is 1.60. The number of hydrogen-bond acceptors (Lipinski definition) is 5. The van der Waals surface area contributed by atoms with Gasteiger partial charge in [0.15, 0.2) is 11.5 Å². The van der Waals surface area contributed by atoms with E-state index >= 15 is 0 Å². The summed E-state index contributed by atoms with van der Waals surface area (Å²) < 4.78 is 11.4. The maximum Gasteiger partial charge on any atom is 0.328 e. The van der Waals surface area contributed by atoms with Crippen molar-refractivity contribution in [3.05, 3.63) is 68.4 Å². The van der Waals surface area contributed by atoms with Crippen LogP contribution in [0.4, 0.5) is 0 Å². The molecule has 0 aliphatic rings. The van der Waals surface area contributed by atoms with E-state index in [0.29, 0.717) is 30.0 Å². The number of ether oxygens (including phenoxy) is 2. The van der Waals surface area contributed by atoms with Gasteiger partial charge in [-0.3, -0.25) is 14.2 Å². The molecule has 0 atom stereocenters. The quantitative estimate of drug-likeness (QED) is 0.588. The Balaban J connectivity index is 1.67. The number of amides is 1. The van der Waals surface area contributed by atoms with Crippen LogP contribution in [-0.2, 0) is 17.8 Å². The van der Waals surface area contributed by atoms with Crippen molar-refractivity contribution < 1.29 is 14.3 Å². The van der Waals surface area contributed by atoms with E-state index in [1.54, 1.807) is 6.07 Å². The Bertz CT molecular complexity index is 1160. The van der Waals surface area contributed by atoms with E-state index in [0.717, 1.165) is 10.1 Å². The normalized spacial score (nSPS) is 10.8.